The van der Waals surface area contributed by atoms with Crippen molar-refractivity contribution in [3.05, 3.63) is 24.3 Å². The second kappa shape index (κ2) is 5.80. The Morgan fingerprint density at radius 3 is 2.95 bits per heavy atom. The quantitative estimate of drug-likeness (QED) is 0.895. The molecule has 2 aliphatic rings. The number of para-hydroxylation sites is 2. The number of hydrogen-bond acceptors (Lipinski definition) is 4. The highest BCUT2D eigenvalue weighted by atomic mass is 16.6. The van der Waals surface area contributed by atoms with Crippen molar-refractivity contribution in [2.75, 3.05) is 33.3 Å². The summed E-state index contributed by atoms with van der Waals surface area (Å²) in [6, 6.07) is 8.51. The zero-order valence-electron chi connectivity index (χ0n) is 11.5. The van der Waals surface area contributed by atoms with E-state index in [-0.39, 0.29) is 6.10 Å². The van der Waals surface area contributed by atoms with Gasteiger partial charge in [0.25, 0.3) is 0 Å². The topological polar surface area (TPSA) is 33.7 Å². The highest BCUT2D eigenvalue weighted by Crippen LogP contribution is 2.31. The fourth-order valence-electron chi connectivity index (χ4n) is 2.83. The van der Waals surface area contributed by atoms with Gasteiger partial charge in [-0.15, -0.1) is 0 Å². The van der Waals surface area contributed by atoms with Gasteiger partial charge in [0, 0.05) is 19.1 Å². The molecule has 0 spiro atoms. The maximum absolute atomic E-state index is 6.01. The minimum atomic E-state index is 0.127. The van der Waals surface area contributed by atoms with E-state index in [1.807, 2.05) is 24.3 Å². The van der Waals surface area contributed by atoms with E-state index in [2.05, 4.69) is 17.3 Å². The molecule has 0 radical (unpaired) electrons. The van der Waals surface area contributed by atoms with E-state index in [0.717, 1.165) is 31.1 Å². The van der Waals surface area contributed by atoms with Crippen LogP contribution in [0.1, 0.15) is 12.8 Å². The predicted molar refractivity (Wildman–Crippen MR) is 74.9 cm³/mol. The van der Waals surface area contributed by atoms with Crippen molar-refractivity contribution in [3.8, 4) is 11.5 Å². The second-order valence-corrected chi connectivity index (χ2v) is 5.44. The van der Waals surface area contributed by atoms with Crippen LogP contribution in [0.3, 0.4) is 0 Å². The third-order valence-corrected chi connectivity index (χ3v) is 3.95. The number of nitrogens with one attached hydrogen (secondary N) is 1. The van der Waals surface area contributed by atoms with Gasteiger partial charge < -0.3 is 14.8 Å². The number of piperidine rings is 1. The molecule has 1 N–H and O–H groups in total. The summed E-state index contributed by atoms with van der Waals surface area (Å²) in [6.07, 6.45) is 2.66. The Morgan fingerprint density at radius 2 is 2.16 bits per heavy atom. The van der Waals surface area contributed by atoms with Crippen LogP contribution >= 0.6 is 0 Å². The molecule has 1 saturated heterocycles. The Kier molecular flexibility index (Phi) is 3.89. The highest BCUT2D eigenvalue weighted by molar-refractivity contribution is 5.40. The summed E-state index contributed by atoms with van der Waals surface area (Å²) in [5.74, 6) is 1.73. The van der Waals surface area contributed by atoms with Gasteiger partial charge in [0.05, 0.1) is 0 Å². The SMILES string of the molecule is CN(CC1COc2ccccc2O1)C1CCCNC1. The first-order chi connectivity index (χ1) is 9.33. The fourth-order valence-corrected chi connectivity index (χ4v) is 2.83. The highest BCUT2D eigenvalue weighted by Gasteiger charge is 2.25. The Labute approximate surface area is 114 Å². The molecule has 0 aromatic heterocycles. The van der Waals surface area contributed by atoms with Crippen LogP contribution in [0.15, 0.2) is 24.3 Å². The van der Waals surface area contributed by atoms with E-state index < -0.39 is 0 Å². The second-order valence-electron chi connectivity index (χ2n) is 5.44. The third kappa shape index (κ3) is 3.01. The molecule has 0 bridgehead atoms. The molecule has 3 rings (SSSR count). The van der Waals surface area contributed by atoms with Gasteiger partial charge in [0.15, 0.2) is 11.5 Å². The largest absolute Gasteiger partial charge is 0.486 e. The van der Waals surface area contributed by atoms with Crippen LogP contribution in [0.4, 0.5) is 0 Å². The standard InChI is InChI=1S/C15H22N2O2/c1-17(12-5-4-8-16-9-12)10-13-11-18-14-6-2-3-7-15(14)19-13/h2-3,6-7,12-13,16H,4-5,8-11H2,1H3. The molecule has 2 heterocycles. The lowest BCUT2D eigenvalue weighted by Gasteiger charge is -2.35. The van der Waals surface area contributed by atoms with Crippen LogP contribution in [-0.4, -0.2) is 50.3 Å². The van der Waals surface area contributed by atoms with Gasteiger partial charge in [-0.3, -0.25) is 4.90 Å². The van der Waals surface area contributed by atoms with Gasteiger partial charge in [0.2, 0.25) is 0 Å². The Hall–Kier alpha value is -1.26. The monoisotopic (exact) mass is 262 g/mol. The summed E-state index contributed by atoms with van der Waals surface area (Å²) in [4.78, 5) is 2.40. The third-order valence-electron chi connectivity index (χ3n) is 3.95. The lowest BCUT2D eigenvalue weighted by molar-refractivity contribution is 0.0507. The van der Waals surface area contributed by atoms with Gasteiger partial charge >= 0.3 is 0 Å². The molecule has 1 fully saturated rings. The van der Waals surface area contributed by atoms with Crippen LogP contribution in [0.5, 0.6) is 11.5 Å². The molecule has 2 unspecified atom stereocenters. The molecule has 4 nitrogen and oxygen atoms in total. The number of benzene rings is 1. The van der Waals surface area contributed by atoms with Crippen LogP contribution < -0.4 is 14.8 Å². The molecule has 1 aromatic rings. The summed E-state index contributed by atoms with van der Waals surface area (Å²) in [6.45, 7) is 3.80. The Bertz CT molecular complexity index is 418. The number of fused-ring (bicyclic) bond motifs is 1. The van der Waals surface area contributed by atoms with Gasteiger partial charge in [-0.2, -0.15) is 0 Å². The van der Waals surface area contributed by atoms with Crippen molar-refractivity contribution in [1.82, 2.24) is 10.2 Å². The number of hydrogen-bond donors (Lipinski definition) is 1. The zero-order chi connectivity index (χ0) is 13.1. The zero-order valence-corrected chi connectivity index (χ0v) is 11.5. The predicted octanol–water partition coefficient (Wildman–Crippen LogP) is 1.51. The average molecular weight is 262 g/mol. The summed E-state index contributed by atoms with van der Waals surface area (Å²) in [5.41, 5.74) is 0. The van der Waals surface area contributed by atoms with E-state index in [1.165, 1.54) is 12.8 Å². The number of ether oxygens (including phenoxy) is 2. The van der Waals surface area contributed by atoms with Crippen LogP contribution in [0.2, 0.25) is 0 Å². The first-order valence-electron chi connectivity index (χ1n) is 7.12. The Balaban J connectivity index is 1.56. The maximum Gasteiger partial charge on any atom is 0.161 e. The molecule has 4 heteroatoms. The minimum absolute atomic E-state index is 0.127. The molecule has 2 aliphatic heterocycles. The smallest absolute Gasteiger partial charge is 0.161 e. The van der Waals surface area contributed by atoms with E-state index in [1.54, 1.807) is 0 Å². The van der Waals surface area contributed by atoms with Crippen molar-refractivity contribution in [1.29, 1.82) is 0 Å². The number of likely N-dealkylation sites (N-methyl/N-ethyl adjacent to an activating group) is 1. The molecule has 0 aliphatic carbocycles. The molecular weight excluding hydrogens is 240 g/mol. The molecule has 2 atom stereocenters. The first-order valence-corrected chi connectivity index (χ1v) is 7.12. The summed E-state index contributed by atoms with van der Waals surface area (Å²) < 4.78 is 11.8. The fraction of sp³-hybridized carbons (Fsp3) is 0.600. The molecule has 1 aromatic carbocycles. The van der Waals surface area contributed by atoms with Crippen LogP contribution in [-0.2, 0) is 0 Å². The summed E-state index contributed by atoms with van der Waals surface area (Å²) in [5, 5.41) is 3.45. The molecule has 0 saturated carbocycles. The minimum Gasteiger partial charge on any atom is -0.486 e. The molecule has 19 heavy (non-hydrogen) atoms. The van der Waals surface area contributed by atoms with E-state index in [4.69, 9.17) is 9.47 Å². The van der Waals surface area contributed by atoms with E-state index in [9.17, 15) is 0 Å². The number of rotatable bonds is 3. The van der Waals surface area contributed by atoms with Gasteiger partial charge in [-0.25, -0.2) is 0 Å². The van der Waals surface area contributed by atoms with Gasteiger partial charge in [-0.05, 0) is 38.6 Å². The summed E-state index contributed by atoms with van der Waals surface area (Å²) >= 11 is 0. The van der Waals surface area contributed by atoms with Crippen LogP contribution in [0.25, 0.3) is 0 Å². The molecular formula is C15H22N2O2. The normalized spacial score (nSPS) is 26.4. The van der Waals surface area contributed by atoms with Crippen molar-refractivity contribution in [2.24, 2.45) is 0 Å². The van der Waals surface area contributed by atoms with E-state index in [0.29, 0.717) is 12.6 Å². The van der Waals surface area contributed by atoms with Gasteiger partial charge in [-0.1, -0.05) is 12.1 Å². The lowest BCUT2D eigenvalue weighted by atomic mass is 10.1. The average Bonchev–Trinajstić information content (AvgIpc) is 2.48. The summed E-state index contributed by atoms with van der Waals surface area (Å²) in [7, 11) is 2.18. The maximum atomic E-state index is 6.01. The van der Waals surface area contributed by atoms with Crippen LogP contribution in [0, 0.1) is 0 Å². The van der Waals surface area contributed by atoms with Gasteiger partial charge in [0.1, 0.15) is 12.7 Å². The van der Waals surface area contributed by atoms with Crippen molar-refractivity contribution < 1.29 is 9.47 Å². The van der Waals surface area contributed by atoms with Crippen molar-refractivity contribution in [2.45, 2.75) is 25.0 Å². The Morgan fingerprint density at radius 1 is 1.32 bits per heavy atom. The lowest BCUT2D eigenvalue weighted by Crippen LogP contribution is -2.49. The van der Waals surface area contributed by atoms with Crippen molar-refractivity contribution in [3.63, 3.8) is 0 Å². The number of nitrogens with zero attached hydrogens (tertiary/aromatic N) is 1. The van der Waals surface area contributed by atoms with Crippen molar-refractivity contribution >= 4 is 0 Å². The first kappa shape index (κ1) is 12.8. The molecule has 104 valence electrons. The molecule has 0 amide bonds. The van der Waals surface area contributed by atoms with E-state index >= 15 is 0 Å².